The largest absolute Gasteiger partial charge is 0.465 e. The molecule has 26 heavy (non-hydrogen) atoms. The van der Waals surface area contributed by atoms with E-state index in [1.807, 2.05) is 37.4 Å². The van der Waals surface area contributed by atoms with Gasteiger partial charge in [-0.05, 0) is 43.0 Å². The molecule has 2 aromatic heterocycles. The van der Waals surface area contributed by atoms with Crippen molar-refractivity contribution in [3.63, 3.8) is 0 Å². The first kappa shape index (κ1) is 17.2. The number of aryl methyl sites for hydroxylation is 1. The van der Waals surface area contributed by atoms with Crippen LogP contribution >= 0.6 is 0 Å². The molecular weight excluding hydrogens is 330 g/mol. The van der Waals surface area contributed by atoms with Gasteiger partial charge in [-0.1, -0.05) is 6.07 Å². The molecule has 2 fully saturated rings. The zero-order valence-corrected chi connectivity index (χ0v) is 15.1. The van der Waals surface area contributed by atoms with Crippen LogP contribution in [0.15, 0.2) is 41.1 Å². The van der Waals surface area contributed by atoms with Crippen molar-refractivity contribution < 1.29 is 13.9 Å². The molecule has 4 rings (SSSR count). The Morgan fingerprint density at radius 2 is 2.19 bits per heavy atom. The van der Waals surface area contributed by atoms with E-state index in [0.717, 1.165) is 49.8 Å². The summed E-state index contributed by atoms with van der Waals surface area (Å²) in [5.41, 5.74) is 1.15. The number of hydrogen-bond acceptors (Lipinski definition) is 5. The average molecular weight is 355 g/mol. The quantitative estimate of drug-likeness (QED) is 0.861. The molecule has 1 amide bonds. The minimum absolute atomic E-state index is 0.0483. The van der Waals surface area contributed by atoms with Crippen LogP contribution in [0.3, 0.4) is 0 Å². The van der Waals surface area contributed by atoms with E-state index in [2.05, 4.69) is 15.2 Å². The van der Waals surface area contributed by atoms with Gasteiger partial charge in [0.05, 0.1) is 19.3 Å². The van der Waals surface area contributed by atoms with Crippen molar-refractivity contribution >= 4 is 5.91 Å². The molecule has 6 heteroatoms. The molecule has 0 spiro atoms. The lowest BCUT2D eigenvalue weighted by Gasteiger charge is -2.33. The molecule has 138 valence electrons. The third kappa shape index (κ3) is 3.81. The van der Waals surface area contributed by atoms with E-state index in [0.29, 0.717) is 12.5 Å². The van der Waals surface area contributed by atoms with Gasteiger partial charge in [-0.25, -0.2) is 0 Å². The standard InChI is InChI=1S/C20H25N3O3/c1-14-4-5-19(26-14)18(23-7-9-25-10-8-23)13-22-20(24)17-11-16(17)15-3-2-6-21-12-15/h2-6,12,16-18H,7-11,13H2,1H3,(H,22,24). The number of pyridine rings is 1. The lowest BCUT2D eigenvalue weighted by atomic mass is 10.1. The molecule has 3 heterocycles. The molecule has 3 unspecified atom stereocenters. The smallest absolute Gasteiger partial charge is 0.223 e. The van der Waals surface area contributed by atoms with Crippen LogP contribution in [-0.4, -0.2) is 48.6 Å². The number of morpholine rings is 1. The maximum absolute atomic E-state index is 12.6. The number of amides is 1. The van der Waals surface area contributed by atoms with E-state index < -0.39 is 0 Å². The summed E-state index contributed by atoms with van der Waals surface area (Å²) in [6, 6.07) is 8.01. The zero-order chi connectivity index (χ0) is 17.9. The number of carbonyl (C=O) groups excluding carboxylic acids is 1. The number of carbonyl (C=O) groups is 1. The summed E-state index contributed by atoms with van der Waals surface area (Å²) >= 11 is 0. The highest BCUT2D eigenvalue weighted by atomic mass is 16.5. The van der Waals surface area contributed by atoms with Crippen LogP contribution in [0.4, 0.5) is 0 Å². The van der Waals surface area contributed by atoms with Gasteiger partial charge in [-0.15, -0.1) is 0 Å². The Morgan fingerprint density at radius 3 is 2.88 bits per heavy atom. The topological polar surface area (TPSA) is 67.6 Å². The van der Waals surface area contributed by atoms with Gasteiger partial charge in [0.1, 0.15) is 11.5 Å². The van der Waals surface area contributed by atoms with Gasteiger partial charge >= 0.3 is 0 Å². The lowest BCUT2D eigenvalue weighted by Crippen LogP contribution is -2.44. The van der Waals surface area contributed by atoms with Crippen molar-refractivity contribution in [1.29, 1.82) is 0 Å². The summed E-state index contributed by atoms with van der Waals surface area (Å²) in [4.78, 5) is 19.1. The summed E-state index contributed by atoms with van der Waals surface area (Å²) in [5.74, 6) is 2.28. The van der Waals surface area contributed by atoms with Crippen LogP contribution in [0.2, 0.25) is 0 Å². The van der Waals surface area contributed by atoms with Crippen LogP contribution in [0.1, 0.15) is 35.5 Å². The summed E-state index contributed by atoms with van der Waals surface area (Å²) in [7, 11) is 0. The van der Waals surface area contributed by atoms with Crippen LogP contribution in [0, 0.1) is 12.8 Å². The minimum atomic E-state index is 0.0483. The van der Waals surface area contributed by atoms with Gasteiger partial charge in [0.25, 0.3) is 0 Å². The minimum Gasteiger partial charge on any atom is -0.465 e. The SMILES string of the molecule is Cc1ccc(C(CNC(=O)C2CC2c2cccnc2)N2CCOCC2)o1. The fourth-order valence-corrected chi connectivity index (χ4v) is 3.71. The molecule has 1 aliphatic heterocycles. The summed E-state index contributed by atoms with van der Waals surface area (Å²) in [5, 5.41) is 3.15. The first-order chi connectivity index (χ1) is 12.7. The van der Waals surface area contributed by atoms with Crippen molar-refractivity contribution in [2.24, 2.45) is 5.92 Å². The summed E-state index contributed by atoms with van der Waals surface area (Å²) in [6.45, 7) is 5.64. The second-order valence-corrected chi connectivity index (χ2v) is 7.09. The van der Waals surface area contributed by atoms with E-state index in [9.17, 15) is 4.79 Å². The van der Waals surface area contributed by atoms with Gasteiger partial charge < -0.3 is 14.5 Å². The van der Waals surface area contributed by atoms with Gasteiger partial charge in [0.15, 0.2) is 0 Å². The third-order valence-electron chi connectivity index (χ3n) is 5.29. The molecule has 3 atom stereocenters. The Kier molecular flexibility index (Phi) is 5.04. The van der Waals surface area contributed by atoms with E-state index in [1.165, 1.54) is 0 Å². The number of hydrogen-bond donors (Lipinski definition) is 1. The van der Waals surface area contributed by atoms with Crippen molar-refractivity contribution in [2.45, 2.75) is 25.3 Å². The van der Waals surface area contributed by atoms with Gasteiger partial charge in [0.2, 0.25) is 5.91 Å². The highest BCUT2D eigenvalue weighted by Gasteiger charge is 2.44. The molecule has 1 N–H and O–H groups in total. The van der Waals surface area contributed by atoms with Crippen molar-refractivity contribution in [2.75, 3.05) is 32.8 Å². The molecule has 6 nitrogen and oxygen atoms in total. The monoisotopic (exact) mass is 355 g/mol. The Balaban J connectivity index is 1.38. The number of aromatic nitrogens is 1. The number of rotatable bonds is 6. The summed E-state index contributed by atoms with van der Waals surface area (Å²) < 4.78 is 11.3. The molecule has 0 radical (unpaired) electrons. The molecule has 2 aliphatic rings. The number of nitrogens with one attached hydrogen (secondary N) is 1. The van der Waals surface area contributed by atoms with Crippen molar-refractivity contribution in [1.82, 2.24) is 15.2 Å². The predicted octanol–water partition coefficient (Wildman–Crippen LogP) is 2.28. The van der Waals surface area contributed by atoms with Gasteiger partial charge in [-0.2, -0.15) is 0 Å². The molecular formula is C20H25N3O3. The highest BCUT2D eigenvalue weighted by Crippen LogP contribution is 2.47. The molecule has 1 saturated heterocycles. The second kappa shape index (κ2) is 7.60. The van der Waals surface area contributed by atoms with Crippen LogP contribution < -0.4 is 5.32 Å². The molecule has 0 aromatic carbocycles. The Hall–Kier alpha value is -2.18. The zero-order valence-electron chi connectivity index (χ0n) is 15.1. The number of ether oxygens (including phenoxy) is 1. The van der Waals surface area contributed by atoms with E-state index >= 15 is 0 Å². The average Bonchev–Trinajstić information content (AvgIpc) is 3.38. The van der Waals surface area contributed by atoms with Crippen molar-refractivity contribution in [3.8, 4) is 0 Å². The Morgan fingerprint density at radius 1 is 1.35 bits per heavy atom. The Labute approximate surface area is 153 Å². The van der Waals surface area contributed by atoms with E-state index in [-0.39, 0.29) is 17.9 Å². The second-order valence-electron chi connectivity index (χ2n) is 7.09. The summed E-state index contributed by atoms with van der Waals surface area (Å²) in [6.07, 6.45) is 4.53. The highest BCUT2D eigenvalue weighted by molar-refractivity contribution is 5.82. The number of nitrogens with zero attached hydrogens (tertiary/aromatic N) is 2. The van der Waals surface area contributed by atoms with Crippen molar-refractivity contribution in [3.05, 3.63) is 53.7 Å². The fourth-order valence-electron chi connectivity index (χ4n) is 3.71. The maximum atomic E-state index is 12.6. The van der Waals surface area contributed by atoms with Crippen LogP contribution in [0.25, 0.3) is 0 Å². The Bertz CT molecular complexity index is 740. The first-order valence-electron chi connectivity index (χ1n) is 9.28. The third-order valence-corrected chi connectivity index (χ3v) is 5.29. The van der Waals surface area contributed by atoms with Crippen LogP contribution in [0.5, 0.6) is 0 Å². The van der Waals surface area contributed by atoms with Crippen LogP contribution in [-0.2, 0) is 9.53 Å². The van der Waals surface area contributed by atoms with E-state index in [1.54, 1.807) is 6.20 Å². The first-order valence-corrected chi connectivity index (χ1v) is 9.28. The predicted molar refractivity (Wildman–Crippen MR) is 96.7 cm³/mol. The molecule has 2 aromatic rings. The molecule has 0 bridgehead atoms. The van der Waals surface area contributed by atoms with Gasteiger partial charge in [-0.3, -0.25) is 14.7 Å². The molecule has 1 aliphatic carbocycles. The lowest BCUT2D eigenvalue weighted by molar-refractivity contribution is -0.122. The fraction of sp³-hybridized carbons (Fsp3) is 0.500. The maximum Gasteiger partial charge on any atom is 0.223 e. The van der Waals surface area contributed by atoms with Gasteiger partial charge in [0, 0.05) is 37.9 Å². The number of furan rings is 1. The normalized spacial score (nSPS) is 24.2. The van der Waals surface area contributed by atoms with E-state index in [4.69, 9.17) is 9.15 Å². The molecule has 1 saturated carbocycles.